The largest absolute Gasteiger partial charge is 0.481 e. The van der Waals surface area contributed by atoms with E-state index in [2.05, 4.69) is 20.3 Å². The molecule has 7 heteroatoms. The minimum absolute atomic E-state index is 0.0667. The molecular formula is C16H21N5O2. The maximum absolute atomic E-state index is 12.2. The average Bonchev–Trinajstić information content (AvgIpc) is 3.17. The van der Waals surface area contributed by atoms with Gasteiger partial charge in [0.1, 0.15) is 5.69 Å². The summed E-state index contributed by atoms with van der Waals surface area (Å²) in [6.07, 6.45) is 4.42. The molecule has 2 aromatic heterocycles. The molecule has 1 saturated heterocycles. The fraction of sp³-hybridized carbons (Fsp3) is 0.438. The number of nitrogens with one attached hydrogen (secondary N) is 1. The minimum atomic E-state index is -0.0667. The van der Waals surface area contributed by atoms with Crippen LogP contribution in [0.2, 0.25) is 0 Å². The first-order valence-electron chi connectivity index (χ1n) is 7.66. The van der Waals surface area contributed by atoms with Crippen molar-refractivity contribution in [1.82, 2.24) is 25.0 Å². The summed E-state index contributed by atoms with van der Waals surface area (Å²) in [5.41, 5.74) is 1.73. The van der Waals surface area contributed by atoms with Gasteiger partial charge in [-0.05, 0) is 18.1 Å². The maximum Gasteiger partial charge on any atom is 0.269 e. The van der Waals surface area contributed by atoms with Crippen molar-refractivity contribution < 1.29 is 9.53 Å². The third-order valence-electron chi connectivity index (χ3n) is 4.07. The lowest BCUT2D eigenvalue weighted by Crippen LogP contribution is -2.37. The highest BCUT2D eigenvalue weighted by Gasteiger charge is 2.25. The number of rotatable bonds is 5. The summed E-state index contributed by atoms with van der Waals surface area (Å²) >= 11 is 0. The number of amides is 1. The Hall–Kier alpha value is -2.41. The standard InChI is InChI=1S/C16H21N5O2/c1-20-14(5-7-18-20)16(22)19-13-6-8-21(11-13)10-12-3-4-15(23-2)17-9-12/h3-5,7,9,13H,6,8,10-11H2,1-2H3,(H,19,22)/t13-/m0/s1. The molecule has 0 radical (unpaired) electrons. The van der Waals surface area contributed by atoms with Gasteiger partial charge < -0.3 is 10.1 Å². The summed E-state index contributed by atoms with van der Waals surface area (Å²) in [6.45, 7) is 2.63. The topological polar surface area (TPSA) is 72.3 Å². The van der Waals surface area contributed by atoms with Gasteiger partial charge in [-0.3, -0.25) is 14.4 Å². The molecule has 3 rings (SSSR count). The van der Waals surface area contributed by atoms with Gasteiger partial charge in [0.05, 0.1) is 7.11 Å². The number of hydrogen-bond donors (Lipinski definition) is 1. The fourth-order valence-corrected chi connectivity index (χ4v) is 2.83. The summed E-state index contributed by atoms with van der Waals surface area (Å²) in [6, 6.07) is 5.79. The van der Waals surface area contributed by atoms with E-state index in [0.29, 0.717) is 11.6 Å². The number of hydrogen-bond acceptors (Lipinski definition) is 5. The number of carbonyl (C=O) groups excluding carboxylic acids is 1. The van der Waals surface area contributed by atoms with E-state index < -0.39 is 0 Å². The molecule has 3 heterocycles. The highest BCUT2D eigenvalue weighted by atomic mass is 16.5. The van der Waals surface area contributed by atoms with Gasteiger partial charge in [0.25, 0.3) is 5.91 Å². The zero-order valence-corrected chi connectivity index (χ0v) is 13.4. The summed E-state index contributed by atoms with van der Waals surface area (Å²) in [4.78, 5) is 18.7. The molecule has 1 amide bonds. The van der Waals surface area contributed by atoms with Gasteiger partial charge in [0.2, 0.25) is 5.88 Å². The number of aromatic nitrogens is 3. The van der Waals surface area contributed by atoms with Crippen LogP contribution in [0.5, 0.6) is 5.88 Å². The molecule has 0 aromatic carbocycles. The Morgan fingerprint density at radius 1 is 1.43 bits per heavy atom. The highest BCUT2D eigenvalue weighted by molar-refractivity contribution is 5.92. The molecular weight excluding hydrogens is 294 g/mol. The predicted octanol–water partition coefficient (Wildman–Crippen LogP) is 0.828. The Balaban J connectivity index is 1.52. The number of ether oxygens (including phenoxy) is 1. The first-order chi connectivity index (χ1) is 11.2. The molecule has 0 unspecified atom stereocenters. The first kappa shape index (κ1) is 15.5. The predicted molar refractivity (Wildman–Crippen MR) is 85.1 cm³/mol. The molecule has 0 bridgehead atoms. The van der Waals surface area contributed by atoms with Gasteiger partial charge in [0.15, 0.2) is 0 Å². The number of methoxy groups -OCH3 is 1. The average molecular weight is 315 g/mol. The van der Waals surface area contributed by atoms with Gasteiger partial charge in [-0.1, -0.05) is 6.07 Å². The monoisotopic (exact) mass is 315 g/mol. The van der Waals surface area contributed by atoms with Crippen LogP contribution in [-0.4, -0.2) is 51.8 Å². The van der Waals surface area contributed by atoms with Crippen LogP contribution >= 0.6 is 0 Å². The van der Waals surface area contributed by atoms with Crippen molar-refractivity contribution in [2.75, 3.05) is 20.2 Å². The highest BCUT2D eigenvalue weighted by Crippen LogP contribution is 2.15. The molecule has 0 saturated carbocycles. The summed E-state index contributed by atoms with van der Waals surface area (Å²) in [5, 5.41) is 7.10. The Morgan fingerprint density at radius 3 is 2.96 bits per heavy atom. The molecule has 1 N–H and O–H groups in total. The van der Waals surface area contributed by atoms with E-state index in [1.165, 1.54) is 0 Å². The van der Waals surface area contributed by atoms with Gasteiger partial charge in [0, 0.05) is 51.2 Å². The normalized spacial score (nSPS) is 18.1. The first-order valence-corrected chi connectivity index (χ1v) is 7.66. The second kappa shape index (κ2) is 6.78. The lowest BCUT2D eigenvalue weighted by Gasteiger charge is -2.16. The van der Waals surface area contributed by atoms with Crippen LogP contribution in [0.1, 0.15) is 22.5 Å². The van der Waals surface area contributed by atoms with Crippen molar-refractivity contribution in [2.45, 2.75) is 19.0 Å². The Labute approximate surface area is 135 Å². The third kappa shape index (κ3) is 3.68. The lowest BCUT2D eigenvalue weighted by molar-refractivity contribution is 0.0928. The van der Waals surface area contributed by atoms with E-state index in [-0.39, 0.29) is 11.9 Å². The van der Waals surface area contributed by atoms with Crippen LogP contribution in [-0.2, 0) is 13.6 Å². The van der Waals surface area contributed by atoms with E-state index in [9.17, 15) is 4.79 Å². The quantitative estimate of drug-likeness (QED) is 0.885. The van der Waals surface area contributed by atoms with Crippen LogP contribution in [0.3, 0.4) is 0 Å². The molecule has 0 aliphatic carbocycles. The molecule has 1 atom stereocenters. The second-order valence-electron chi connectivity index (χ2n) is 5.74. The van der Waals surface area contributed by atoms with Crippen molar-refractivity contribution >= 4 is 5.91 Å². The van der Waals surface area contributed by atoms with E-state index in [1.807, 2.05) is 18.3 Å². The van der Waals surface area contributed by atoms with Crippen LogP contribution < -0.4 is 10.1 Å². The van der Waals surface area contributed by atoms with Gasteiger partial charge in [-0.2, -0.15) is 5.10 Å². The fourth-order valence-electron chi connectivity index (χ4n) is 2.83. The maximum atomic E-state index is 12.2. The number of pyridine rings is 1. The minimum Gasteiger partial charge on any atom is -0.481 e. The third-order valence-corrected chi connectivity index (χ3v) is 4.07. The zero-order chi connectivity index (χ0) is 16.2. The van der Waals surface area contributed by atoms with Crippen LogP contribution in [0, 0.1) is 0 Å². The summed E-state index contributed by atoms with van der Waals surface area (Å²) in [7, 11) is 3.38. The lowest BCUT2D eigenvalue weighted by atomic mass is 10.2. The van der Waals surface area contributed by atoms with E-state index in [4.69, 9.17) is 4.74 Å². The van der Waals surface area contributed by atoms with Crippen LogP contribution in [0.4, 0.5) is 0 Å². The van der Waals surface area contributed by atoms with Crippen molar-refractivity contribution in [3.63, 3.8) is 0 Å². The molecule has 23 heavy (non-hydrogen) atoms. The number of aryl methyl sites for hydroxylation is 1. The zero-order valence-electron chi connectivity index (χ0n) is 13.4. The Bertz CT molecular complexity index is 667. The van der Waals surface area contributed by atoms with Crippen LogP contribution in [0.15, 0.2) is 30.6 Å². The van der Waals surface area contributed by atoms with Gasteiger partial charge in [-0.15, -0.1) is 0 Å². The van der Waals surface area contributed by atoms with Crippen molar-refractivity contribution in [1.29, 1.82) is 0 Å². The Morgan fingerprint density at radius 2 is 2.30 bits per heavy atom. The molecule has 122 valence electrons. The van der Waals surface area contributed by atoms with Gasteiger partial charge in [-0.25, -0.2) is 4.98 Å². The summed E-state index contributed by atoms with van der Waals surface area (Å²) in [5.74, 6) is 0.555. The molecule has 1 fully saturated rings. The van der Waals surface area contributed by atoms with E-state index in [0.717, 1.165) is 31.6 Å². The van der Waals surface area contributed by atoms with Crippen LogP contribution in [0.25, 0.3) is 0 Å². The Kier molecular flexibility index (Phi) is 4.57. The SMILES string of the molecule is COc1ccc(CN2CC[C@H](NC(=O)c3ccnn3C)C2)cn1. The van der Waals surface area contributed by atoms with E-state index in [1.54, 1.807) is 31.1 Å². The smallest absolute Gasteiger partial charge is 0.269 e. The number of nitrogens with zero attached hydrogens (tertiary/aromatic N) is 4. The van der Waals surface area contributed by atoms with E-state index >= 15 is 0 Å². The molecule has 7 nitrogen and oxygen atoms in total. The molecule has 1 aliphatic heterocycles. The second-order valence-corrected chi connectivity index (χ2v) is 5.74. The number of likely N-dealkylation sites (tertiary alicyclic amines) is 1. The molecule has 2 aromatic rings. The van der Waals surface area contributed by atoms with Crippen molar-refractivity contribution in [3.8, 4) is 5.88 Å². The number of carbonyl (C=O) groups is 1. The van der Waals surface area contributed by atoms with Crippen molar-refractivity contribution in [2.24, 2.45) is 7.05 Å². The van der Waals surface area contributed by atoms with Gasteiger partial charge >= 0.3 is 0 Å². The van der Waals surface area contributed by atoms with Crippen molar-refractivity contribution in [3.05, 3.63) is 41.9 Å². The summed E-state index contributed by atoms with van der Waals surface area (Å²) < 4.78 is 6.65. The molecule has 1 aliphatic rings. The molecule has 0 spiro atoms.